The van der Waals surface area contributed by atoms with Gasteiger partial charge in [-0.1, -0.05) is 18.2 Å². The SMILES string of the molecule is CC1CC(c2ccccc2F)N=C(N)O1.CCF. The predicted molar refractivity (Wildman–Crippen MR) is 67.6 cm³/mol. The highest BCUT2D eigenvalue weighted by Gasteiger charge is 2.23. The van der Waals surface area contributed by atoms with E-state index in [1.807, 2.05) is 6.92 Å². The summed E-state index contributed by atoms with van der Waals surface area (Å²) in [7, 11) is 0. The first kappa shape index (κ1) is 14.4. The van der Waals surface area contributed by atoms with Crippen molar-refractivity contribution in [1.29, 1.82) is 0 Å². The maximum absolute atomic E-state index is 13.5. The average molecular weight is 256 g/mol. The molecule has 0 spiro atoms. The molecule has 3 nitrogen and oxygen atoms in total. The molecular weight excluding hydrogens is 238 g/mol. The summed E-state index contributed by atoms with van der Waals surface area (Å²) in [5.41, 5.74) is 6.09. The van der Waals surface area contributed by atoms with Crippen molar-refractivity contribution in [2.75, 3.05) is 6.67 Å². The van der Waals surface area contributed by atoms with Crippen LogP contribution >= 0.6 is 0 Å². The summed E-state index contributed by atoms with van der Waals surface area (Å²) in [5.74, 6) is -0.242. The monoisotopic (exact) mass is 256 g/mol. The highest BCUT2D eigenvalue weighted by Crippen LogP contribution is 2.28. The van der Waals surface area contributed by atoms with Crippen LogP contribution in [0.2, 0.25) is 0 Å². The molecule has 0 bridgehead atoms. The second kappa shape index (κ2) is 6.93. The van der Waals surface area contributed by atoms with Crippen LogP contribution in [0.25, 0.3) is 0 Å². The van der Waals surface area contributed by atoms with E-state index in [2.05, 4.69) is 4.99 Å². The highest BCUT2D eigenvalue weighted by molar-refractivity contribution is 5.72. The topological polar surface area (TPSA) is 47.6 Å². The van der Waals surface area contributed by atoms with Gasteiger partial charge in [-0.15, -0.1) is 0 Å². The van der Waals surface area contributed by atoms with Crippen LogP contribution in [0, 0.1) is 5.82 Å². The van der Waals surface area contributed by atoms with Gasteiger partial charge in [0, 0.05) is 12.0 Å². The molecule has 0 saturated heterocycles. The minimum Gasteiger partial charge on any atom is -0.462 e. The number of alkyl halides is 1. The van der Waals surface area contributed by atoms with Crippen molar-refractivity contribution in [2.24, 2.45) is 10.7 Å². The van der Waals surface area contributed by atoms with Gasteiger partial charge in [-0.3, -0.25) is 4.39 Å². The molecule has 1 aliphatic heterocycles. The van der Waals surface area contributed by atoms with E-state index in [-0.39, 0.29) is 30.7 Å². The maximum Gasteiger partial charge on any atom is 0.282 e. The molecule has 2 N–H and O–H groups in total. The van der Waals surface area contributed by atoms with Crippen molar-refractivity contribution < 1.29 is 13.5 Å². The van der Waals surface area contributed by atoms with E-state index in [1.165, 1.54) is 13.0 Å². The van der Waals surface area contributed by atoms with Gasteiger partial charge in [0.25, 0.3) is 6.02 Å². The van der Waals surface area contributed by atoms with Crippen LogP contribution in [0.1, 0.15) is 31.9 Å². The van der Waals surface area contributed by atoms with Crippen LogP contribution in [0.3, 0.4) is 0 Å². The normalized spacial score (nSPS) is 22.3. The molecule has 2 atom stereocenters. The molecule has 1 aromatic carbocycles. The van der Waals surface area contributed by atoms with Crippen LogP contribution in [-0.2, 0) is 4.74 Å². The molecule has 18 heavy (non-hydrogen) atoms. The number of ether oxygens (including phenoxy) is 1. The van der Waals surface area contributed by atoms with E-state index >= 15 is 0 Å². The predicted octanol–water partition coefficient (Wildman–Crippen LogP) is 2.97. The van der Waals surface area contributed by atoms with E-state index in [0.717, 1.165) is 0 Å². The fraction of sp³-hybridized carbons (Fsp3) is 0.462. The smallest absolute Gasteiger partial charge is 0.282 e. The first-order valence-corrected chi connectivity index (χ1v) is 5.88. The molecule has 0 amide bonds. The third-order valence-corrected chi connectivity index (χ3v) is 2.42. The molecule has 2 unspecified atom stereocenters. The lowest BCUT2D eigenvalue weighted by molar-refractivity contribution is 0.163. The Bertz CT molecular complexity index is 410. The van der Waals surface area contributed by atoms with E-state index in [0.29, 0.717) is 12.0 Å². The lowest BCUT2D eigenvalue weighted by atomic mass is 10.0. The molecule has 0 aromatic heterocycles. The van der Waals surface area contributed by atoms with Crippen molar-refractivity contribution in [2.45, 2.75) is 32.4 Å². The van der Waals surface area contributed by atoms with Gasteiger partial charge < -0.3 is 10.5 Å². The van der Waals surface area contributed by atoms with Crippen LogP contribution in [0.15, 0.2) is 29.3 Å². The summed E-state index contributed by atoms with van der Waals surface area (Å²) in [4.78, 5) is 4.10. The first-order chi connectivity index (χ1) is 8.58. The lowest BCUT2D eigenvalue weighted by Gasteiger charge is -2.24. The molecule has 5 heteroatoms. The Morgan fingerprint density at radius 1 is 1.44 bits per heavy atom. The lowest BCUT2D eigenvalue weighted by Crippen LogP contribution is -2.29. The maximum atomic E-state index is 13.5. The summed E-state index contributed by atoms with van der Waals surface area (Å²) >= 11 is 0. The van der Waals surface area contributed by atoms with Gasteiger partial charge in [-0.2, -0.15) is 0 Å². The van der Waals surface area contributed by atoms with Gasteiger partial charge in [0.1, 0.15) is 11.9 Å². The van der Waals surface area contributed by atoms with E-state index in [1.54, 1.807) is 18.2 Å². The second-order valence-electron chi connectivity index (χ2n) is 3.94. The Kier molecular flexibility index (Phi) is 5.55. The molecular formula is C13H18F2N2O. The van der Waals surface area contributed by atoms with Gasteiger partial charge in [-0.25, -0.2) is 9.38 Å². The number of nitrogens with zero attached hydrogens (tertiary/aromatic N) is 1. The number of benzene rings is 1. The highest BCUT2D eigenvalue weighted by atomic mass is 19.1. The molecule has 100 valence electrons. The van der Waals surface area contributed by atoms with Crippen molar-refractivity contribution in [1.82, 2.24) is 0 Å². The Morgan fingerprint density at radius 2 is 2.06 bits per heavy atom. The molecule has 1 heterocycles. The summed E-state index contributed by atoms with van der Waals surface area (Å²) < 4.78 is 29.0. The fourth-order valence-corrected chi connectivity index (χ4v) is 1.75. The number of hydrogen-bond donors (Lipinski definition) is 1. The van der Waals surface area contributed by atoms with Crippen molar-refractivity contribution in [3.05, 3.63) is 35.6 Å². The minimum atomic E-state index is -0.250. The first-order valence-electron chi connectivity index (χ1n) is 5.88. The van der Waals surface area contributed by atoms with E-state index in [9.17, 15) is 8.78 Å². The summed E-state index contributed by atoms with van der Waals surface area (Å²) in [6.07, 6.45) is 0.633. The standard InChI is InChI=1S/C11H13FN2O.C2H5F/c1-7-6-10(14-11(13)15-7)8-4-2-3-5-9(8)12;1-2-3/h2-5,7,10H,6H2,1H3,(H2,13,14);2H2,1H3. The Hall–Kier alpha value is -1.65. The number of rotatable bonds is 1. The summed E-state index contributed by atoms with van der Waals surface area (Å²) in [6.45, 7) is 3.11. The van der Waals surface area contributed by atoms with E-state index in [4.69, 9.17) is 10.5 Å². The molecule has 2 rings (SSSR count). The number of amidine groups is 1. The fourth-order valence-electron chi connectivity index (χ4n) is 1.75. The third kappa shape index (κ3) is 3.98. The number of hydrogen-bond acceptors (Lipinski definition) is 3. The van der Waals surface area contributed by atoms with Crippen LogP contribution in [0.4, 0.5) is 8.78 Å². The van der Waals surface area contributed by atoms with Crippen LogP contribution < -0.4 is 5.73 Å². The number of aliphatic imine (C=N–C) groups is 1. The van der Waals surface area contributed by atoms with Gasteiger partial charge in [0.15, 0.2) is 0 Å². The zero-order chi connectivity index (χ0) is 13.5. The number of halogens is 2. The molecule has 1 aromatic rings. The van der Waals surface area contributed by atoms with Gasteiger partial charge in [0.2, 0.25) is 0 Å². The van der Waals surface area contributed by atoms with Gasteiger partial charge in [-0.05, 0) is 19.9 Å². The van der Waals surface area contributed by atoms with E-state index < -0.39 is 0 Å². The summed E-state index contributed by atoms with van der Waals surface area (Å²) in [6, 6.07) is 6.53. The quantitative estimate of drug-likeness (QED) is 0.839. The zero-order valence-electron chi connectivity index (χ0n) is 10.6. The largest absolute Gasteiger partial charge is 0.462 e. The average Bonchev–Trinajstić information content (AvgIpc) is 2.29. The van der Waals surface area contributed by atoms with Crippen LogP contribution in [-0.4, -0.2) is 18.8 Å². The Balaban J connectivity index is 0.000000492. The third-order valence-electron chi connectivity index (χ3n) is 2.42. The minimum absolute atomic E-state index is 0.0212. The van der Waals surface area contributed by atoms with Crippen LogP contribution in [0.5, 0.6) is 0 Å². The second-order valence-corrected chi connectivity index (χ2v) is 3.94. The van der Waals surface area contributed by atoms with Crippen molar-refractivity contribution in [3.63, 3.8) is 0 Å². The molecule has 0 fully saturated rings. The molecule has 0 saturated carbocycles. The van der Waals surface area contributed by atoms with Gasteiger partial charge >= 0.3 is 0 Å². The number of nitrogens with two attached hydrogens (primary N) is 1. The Morgan fingerprint density at radius 3 is 2.61 bits per heavy atom. The van der Waals surface area contributed by atoms with Gasteiger partial charge in [0.05, 0.1) is 12.7 Å². The summed E-state index contributed by atoms with van der Waals surface area (Å²) in [5, 5.41) is 0. The molecule has 0 aliphatic carbocycles. The molecule has 1 aliphatic rings. The van der Waals surface area contributed by atoms with Crippen molar-refractivity contribution in [3.8, 4) is 0 Å². The van der Waals surface area contributed by atoms with Crippen molar-refractivity contribution >= 4 is 6.02 Å². The zero-order valence-corrected chi connectivity index (χ0v) is 10.6. The Labute approximate surface area is 106 Å². The molecule has 0 radical (unpaired) electrons.